The van der Waals surface area contributed by atoms with Crippen LogP contribution in [0.25, 0.3) is 0 Å². The van der Waals surface area contributed by atoms with Crippen molar-refractivity contribution in [2.24, 2.45) is 0 Å². The van der Waals surface area contributed by atoms with Crippen LogP contribution in [0.1, 0.15) is 21.6 Å². The van der Waals surface area contributed by atoms with Crippen LogP contribution in [-0.2, 0) is 6.54 Å². The second-order valence-corrected chi connectivity index (χ2v) is 4.63. The lowest BCUT2D eigenvalue weighted by Gasteiger charge is -2.02. The predicted molar refractivity (Wildman–Crippen MR) is 77.1 cm³/mol. The van der Waals surface area contributed by atoms with Gasteiger partial charge in [-0.05, 0) is 6.07 Å². The Morgan fingerprint density at radius 1 is 1.05 bits per heavy atom. The molecule has 0 aliphatic rings. The molecule has 0 aliphatic carbocycles. The van der Waals surface area contributed by atoms with Gasteiger partial charge in [0.2, 0.25) is 5.78 Å². The van der Waals surface area contributed by atoms with Crippen molar-refractivity contribution >= 4 is 5.78 Å². The molecule has 0 aliphatic heterocycles. The number of benzene rings is 2. The average Bonchev–Trinajstić information content (AvgIpc) is 2.98. The first-order valence-corrected chi connectivity index (χ1v) is 6.51. The lowest BCUT2D eigenvalue weighted by Crippen LogP contribution is -2.02. The minimum absolute atomic E-state index is 0.167. The van der Waals surface area contributed by atoms with E-state index >= 15 is 0 Å². The van der Waals surface area contributed by atoms with E-state index in [1.54, 1.807) is 48.7 Å². The third-order valence-electron chi connectivity index (χ3n) is 3.13. The fourth-order valence-electron chi connectivity index (χ4n) is 2.04. The number of para-hydroxylation sites is 1. The molecule has 104 valence electrons. The predicted octanol–water partition coefficient (Wildman–Crippen LogP) is 2.26. The van der Waals surface area contributed by atoms with Gasteiger partial charge in [0.1, 0.15) is 5.75 Å². The van der Waals surface area contributed by atoms with Gasteiger partial charge in [-0.25, -0.2) is 4.68 Å². The fourth-order valence-corrected chi connectivity index (χ4v) is 2.04. The van der Waals surface area contributed by atoms with Gasteiger partial charge >= 0.3 is 0 Å². The van der Waals surface area contributed by atoms with Gasteiger partial charge in [-0.3, -0.25) is 4.79 Å². The molecule has 1 N–H and O–H groups in total. The number of aromatic nitrogens is 3. The molecule has 2 aromatic carbocycles. The molecular weight excluding hydrogens is 266 g/mol. The van der Waals surface area contributed by atoms with Gasteiger partial charge in [-0.2, -0.15) is 0 Å². The molecule has 1 heterocycles. The number of hydrogen-bond donors (Lipinski definition) is 1. The summed E-state index contributed by atoms with van der Waals surface area (Å²) >= 11 is 0. The van der Waals surface area contributed by atoms with Gasteiger partial charge in [0, 0.05) is 11.1 Å². The van der Waals surface area contributed by atoms with Gasteiger partial charge in [0.05, 0.1) is 12.7 Å². The zero-order valence-electron chi connectivity index (χ0n) is 11.2. The molecule has 0 spiro atoms. The SMILES string of the molecule is O=C(c1ccccc1)c1cn(Cc2ccccc2O)nn1. The number of aromatic hydroxyl groups is 1. The minimum Gasteiger partial charge on any atom is -0.508 e. The summed E-state index contributed by atoms with van der Waals surface area (Å²) in [5.74, 6) is 0.0306. The maximum Gasteiger partial charge on any atom is 0.214 e. The van der Waals surface area contributed by atoms with Gasteiger partial charge in [0.15, 0.2) is 5.69 Å². The highest BCUT2D eigenvalue weighted by Gasteiger charge is 2.13. The smallest absolute Gasteiger partial charge is 0.214 e. The lowest BCUT2D eigenvalue weighted by atomic mass is 10.1. The van der Waals surface area contributed by atoms with Crippen LogP contribution in [0, 0.1) is 0 Å². The van der Waals surface area contributed by atoms with Crippen molar-refractivity contribution < 1.29 is 9.90 Å². The second-order valence-electron chi connectivity index (χ2n) is 4.63. The number of carbonyl (C=O) groups excluding carboxylic acids is 1. The van der Waals surface area contributed by atoms with Crippen LogP contribution in [-0.4, -0.2) is 25.9 Å². The van der Waals surface area contributed by atoms with E-state index in [0.717, 1.165) is 5.56 Å². The van der Waals surface area contributed by atoms with E-state index < -0.39 is 0 Å². The maximum atomic E-state index is 12.2. The van der Waals surface area contributed by atoms with Crippen LogP contribution in [0.3, 0.4) is 0 Å². The zero-order valence-corrected chi connectivity index (χ0v) is 11.2. The molecule has 0 radical (unpaired) electrons. The first-order valence-electron chi connectivity index (χ1n) is 6.51. The Kier molecular flexibility index (Phi) is 3.47. The maximum absolute atomic E-state index is 12.2. The van der Waals surface area contributed by atoms with Gasteiger partial charge < -0.3 is 5.11 Å². The third-order valence-corrected chi connectivity index (χ3v) is 3.13. The van der Waals surface area contributed by atoms with Crippen molar-refractivity contribution in [1.29, 1.82) is 0 Å². The largest absolute Gasteiger partial charge is 0.508 e. The highest BCUT2D eigenvalue weighted by atomic mass is 16.3. The molecule has 3 rings (SSSR count). The number of hydrogen-bond acceptors (Lipinski definition) is 4. The Morgan fingerprint density at radius 3 is 2.52 bits per heavy atom. The van der Waals surface area contributed by atoms with Crippen LogP contribution >= 0.6 is 0 Å². The zero-order chi connectivity index (χ0) is 14.7. The first-order chi connectivity index (χ1) is 10.2. The number of phenolic OH excluding ortho intramolecular Hbond substituents is 1. The third kappa shape index (κ3) is 2.81. The molecule has 0 bridgehead atoms. The summed E-state index contributed by atoms with van der Waals surface area (Å²) in [4.78, 5) is 12.2. The van der Waals surface area contributed by atoms with Gasteiger partial charge in [-0.15, -0.1) is 5.10 Å². The van der Waals surface area contributed by atoms with Gasteiger partial charge in [0.25, 0.3) is 0 Å². The summed E-state index contributed by atoms with van der Waals surface area (Å²) < 4.78 is 1.53. The molecule has 0 unspecified atom stereocenters. The van der Waals surface area contributed by atoms with Crippen molar-refractivity contribution in [3.63, 3.8) is 0 Å². The highest BCUT2D eigenvalue weighted by Crippen LogP contribution is 2.16. The fraction of sp³-hybridized carbons (Fsp3) is 0.0625. The summed E-state index contributed by atoms with van der Waals surface area (Å²) in [6.45, 7) is 0.363. The molecule has 3 aromatic rings. The molecule has 5 nitrogen and oxygen atoms in total. The van der Waals surface area contributed by atoms with Crippen molar-refractivity contribution in [2.45, 2.75) is 6.54 Å². The highest BCUT2D eigenvalue weighted by molar-refractivity contribution is 6.07. The van der Waals surface area contributed by atoms with E-state index in [9.17, 15) is 9.90 Å². The lowest BCUT2D eigenvalue weighted by molar-refractivity contribution is 0.103. The summed E-state index contributed by atoms with van der Waals surface area (Å²) in [6.07, 6.45) is 1.59. The van der Waals surface area contributed by atoms with E-state index in [0.29, 0.717) is 12.1 Å². The van der Waals surface area contributed by atoms with Crippen molar-refractivity contribution in [3.8, 4) is 5.75 Å². The Balaban J connectivity index is 1.81. The summed E-state index contributed by atoms with van der Waals surface area (Å²) in [6, 6.07) is 15.9. The quantitative estimate of drug-likeness (QED) is 0.744. The Hall–Kier alpha value is -2.95. The van der Waals surface area contributed by atoms with E-state index in [1.165, 1.54) is 4.68 Å². The van der Waals surface area contributed by atoms with Crippen molar-refractivity contribution in [1.82, 2.24) is 15.0 Å². The molecule has 5 heteroatoms. The van der Waals surface area contributed by atoms with Crippen LogP contribution in [0.15, 0.2) is 60.8 Å². The standard InChI is InChI=1S/C16H13N3O2/c20-15-9-5-4-8-13(15)10-19-11-14(17-18-19)16(21)12-6-2-1-3-7-12/h1-9,11,20H,10H2. The molecule has 0 saturated carbocycles. The molecule has 0 atom stereocenters. The summed E-state index contributed by atoms with van der Waals surface area (Å²) in [5, 5.41) is 17.6. The Bertz CT molecular complexity index is 766. The monoisotopic (exact) mass is 279 g/mol. The molecule has 0 amide bonds. The molecule has 0 saturated heterocycles. The second kappa shape index (κ2) is 5.58. The van der Waals surface area contributed by atoms with E-state index in [2.05, 4.69) is 10.3 Å². The first kappa shape index (κ1) is 13.1. The topological polar surface area (TPSA) is 68.0 Å². The Morgan fingerprint density at radius 2 is 1.76 bits per heavy atom. The van der Waals surface area contributed by atoms with Crippen LogP contribution in [0.5, 0.6) is 5.75 Å². The number of rotatable bonds is 4. The van der Waals surface area contributed by atoms with Crippen molar-refractivity contribution in [3.05, 3.63) is 77.6 Å². The summed E-state index contributed by atoms with van der Waals surface area (Å²) in [7, 11) is 0. The van der Waals surface area contributed by atoms with Crippen LogP contribution in [0.2, 0.25) is 0 Å². The number of nitrogens with zero attached hydrogens (tertiary/aromatic N) is 3. The summed E-state index contributed by atoms with van der Waals surface area (Å²) in [5.41, 5.74) is 1.59. The number of ketones is 1. The molecule has 0 fully saturated rings. The molecule has 21 heavy (non-hydrogen) atoms. The van der Waals surface area contributed by atoms with E-state index in [4.69, 9.17) is 0 Å². The van der Waals surface area contributed by atoms with Gasteiger partial charge in [-0.1, -0.05) is 53.7 Å². The Labute approximate surface area is 121 Å². The van der Waals surface area contributed by atoms with Crippen LogP contribution in [0.4, 0.5) is 0 Å². The number of carbonyl (C=O) groups is 1. The van der Waals surface area contributed by atoms with E-state index in [-0.39, 0.29) is 17.2 Å². The number of phenols is 1. The molecule has 1 aromatic heterocycles. The average molecular weight is 279 g/mol. The van der Waals surface area contributed by atoms with E-state index in [1.807, 2.05) is 12.1 Å². The normalized spacial score (nSPS) is 10.5. The minimum atomic E-state index is -0.167. The van der Waals surface area contributed by atoms with Crippen LogP contribution < -0.4 is 0 Å². The molecular formula is C16H13N3O2. The van der Waals surface area contributed by atoms with Crippen molar-refractivity contribution in [2.75, 3.05) is 0 Å².